The zero-order chi connectivity index (χ0) is 16.9. The summed E-state index contributed by atoms with van der Waals surface area (Å²) in [6, 6.07) is 16.4. The number of anilines is 1. The molecule has 0 spiro atoms. The molecule has 1 N–H and O–H groups in total. The smallest absolute Gasteiger partial charge is 0.228 e. The lowest BCUT2D eigenvalue weighted by molar-refractivity contribution is -0.121. The summed E-state index contributed by atoms with van der Waals surface area (Å²) in [5, 5.41) is 3.04. The molecule has 1 aliphatic rings. The van der Waals surface area contributed by atoms with Gasteiger partial charge >= 0.3 is 0 Å². The Balaban J connectivity index is 1.57. The van der Waals surface area contributed by atoms with Crippen LogP contribution in [0.3, 0.4) is 0 Å². The topological polar surface area (TPSA) is 32.3 Å². The molecule has 126 valence electrons. The number of aryl methyl sites for hydroxylation is 1. The van der Waals surface area contributed by atoms with Crippen LogP contribution in [-0.2, 0) is 11.3 Å². The van der Waals surface area contributed by atoms with Crippen molar-refractivity contribution in [3.63, 3.8) is 0 Å². The molecule has 24 heavy (non-hydrogen) atoms. The van der Waals surface area contributed by atoms with Gasteiger partial charge in [0.1, 0.15) is 0 Å². The van der Waals surface area contributed by atoms with Crippen molar-refractivity contribution < 1.29 is 4.79 Å². The molecule has 0 aliphatic carbocycles. The van der Waals surface area contributed by atoms with E-state index in [0.29, 0.717) is 0 Å². The van der Waals surface area contributed by atoms with E-state index in [0.717, 1.165) is 42.6 Å². The van der Waals surface area contributed by atoms with Crippen molar-refractivity contribution in [2.45, 2.75) is 26.3 Å². The van der Waals surface area contributed by atoms with Crippen LogP contribution in [0.1, 0.15) is 24.0 Å². The summed E-state index contributed by atoms with van der Waals surface area (Å²) in [5.74, 6) is 0.193. The monoisotopic (exact) mass is 386 g/mol. The highest BCUT2D eigenvalue weighted by molar-refractivity contribution is 9.10. The second kappa shape index (κ2) is 7.95. The third kappa shape index (κ3) is 4.68. The van der Waals surface area contributed by atoms with Gasteiger partial charge in [-0.2, -0.15) is 0 Å². The second-order valence-corrected chi connectivity index (χ2v) is 7.47. The lowest BCUT2D eigenvalue weighted by Gasteiger charge is -2.32. The van der Waals surface area contributed by atoms with Crippen molar-refractivity contribution >= 4 is 27.5 Å². The first-order valence-corrected chi connectivity index (χ1v) is 9.24. The number of piperidine rings is 1. The molecule has 1 fully saturated rings. The van der Waals surface area contributed by atoms with Gasteiger partial charge in [-0.3, -0.25) is 9.69 Å². The first-order valence-electron chi connectivity index (χ1n) is 8.44. The van der Waals surface area contributed by atoms with Crippen LogP contribution < -0.4 is 5.32 Å². The number of carbonyl (C=O) groups is 1. The summed E-state index contributed by atoms with van der Waals surface area (Å²) in [5.41, 5.74) is 3.46. The van der Waals surface area contributed by atoms with Crippen molar-refractivity contribution in [3.8, 4) is 0 Å². The molecule has 3 rings (SSSR count). The molecule has 1 saturated heterocycles. The van der Waals surface area contributed by atoms with Gasteiger partial charge in [0.2, 0.25) is 5.91 Å². The molecule has 4 heteroatoms. The molecule has 3 nitrogen and oxygen atoms in total. The number of rotatable bonds is 4. The third-order valence-corrected chi connectivity index (χ3v) is 5.04. The summed E-state index contributed by atoms with van der Waals surface area (Å²) in [4.78, 5) is 14.9. The highest BCUT2D eigenvalue weighted by atomic mass is 79.9. The Hall–Kier alpha value is -1.65. The van der Waals surface area contributed by atoms with Crippen LogP contribution in [0.2, 0.25) is 0 Å². The van der Waals surface area contributed by atoms with E-state index >= 15 is 0 Å². The maximum absolute atomic E-state index is 12.5. The van der Waals surface area contributed by atoms with E-state index < -0.39 is 0 Å². The van der Waals surface area contributed by atoms with E-state index in [2.05, 4.69) is 57.3 Å². The van der Waals surface area contributed by atoms with Gasteiger partial charge in [-0.15, -0.1) is 0 Å². The van der Waals surface area contributed by atoms with Crippen LogP contribution in [0.15, 0.2) is 53.0 Å². The van der Waals surface area contributed by atoms with Gasteiger partial charge in [0.15, 0.2) is 0 Å². The summed E-state index contributed by atoms with van der Waals surface area (Å²) in [6.45, 7) is 4.92. The van der Waals surface area contributed by atoms with Gasteiger partial charge in [-0.1, -0.05) is 45.8 Å². The van der Waals surface area contributed by atoms with E-state index in [1.165, 1.54) is 11.1 Å². The van der Waals surface area contributed by atoms with Gasteiger partial charge in [0.05, 0.1) is 5.92 Å². The second-order valence-electron chi connectivity index (χ2n) is 6.56. The number of nitrogens with one attached hydrogen (secondary N) is 1. The van der Waals surface area contributed by atoms with Crippen LogP contribution in [0.25, 0.3) is 0 Å². The predicted molar refractivity (Wildman–Crippen MR) is 102 cm³/mol. The number of hydrogen-bond acceptors (Lipinski definition) is 2. The fourth-order valence-corrected chi connectivity index (χ4v) is 3.41. The molecule has 1 heterocycles. The highest BCUT2D eigenvalue weighted by Gasteiger charge is 2.25. The molecule has 1 amide bonds. The first kappa shape index (κ1) is 17.2. The SMILES string of the molecule is Cc1ccc(CN2CCCC(C(=O)Nc3ccc(Br)cc3)C2)cc1. The number of carbonyl (C=O) groups excluding carboxylic acids is 1. The molecular formula is C20H23BrN2O. The fraction of sp³-hybridized carbons (Fsp3) is 0.350. The van der Waals surface area contributed by atoms with Crippen LogP contribution in [0.4, 0.5) is 5.69 Å². The fourth-order valence-electron chi connectivity index (χ4n) is 3.14. The van der Waals surface area contributed by atoms with E-state index in [1.807, 2.05) is 24.3 Å². The first-order chi connectivity index (χ1) is 11.6. The van der Waals surface area contributed by atoms with Crippen LogP contribution in [0, 0.1) is 12.8 Å². The Morgan fingerprint density at radius 2 is 1.88 bits per heavy atom. The van der Waals surface area contributed by atoms with Crippen LogP contribution in [-0.4, -0.2) is 23.9 Å². The molecule has 2 aromatic rings. The molecule has 1 aliphatic heterocycles. The molecular weight excluding hydrogens is 364 g/mol. The standard InChI is InChI=1S/C20H23BrN2O/c1-15-4-6-16(7-5-15)13-23-12-2-3-17(14-23)20(24)22-19-10-8-18(21)9-11-19/h4-11,17H,2-3,12-14H2,1H3,(H,22,24). The minimum Gasteiger partial charge on any atom is -0.326 e. The van der Waals surface area contributed by atoms with Crippen molar-refractivity contribution in [2.24, 2.45) is 5.92 Å². The number of nitrogens with zero attached hydrogens (tertiary/aromatic N) is 1. The quantitative estimate of drug-likeness (QED) is 0.831. The van der Waals surface area contributed by atoms with Crippen LogP contribution >= 0.6 is 15.9 Å². The van der Waals surface area contributed by atoms with Gasteiger partial charge < -0.3 is 5.32 Å². The number of hydrogen-bond donors (Lipinski definition) is 1. The molecule has 0 radical (unpaired) electrons. The van der Waals surface area contributed by atoms with Gasteiger partial charge in [0, 0.05) is 23.2 Å². The number of likely N-dealkylation sites (tertiary alicyclic amines) is 1. The minimum absolute atomic E-state index is 0.0628. The minimum atomic E-state index is 0.0628. The summed E-state index contributed by atoms with van der Waals surface area (Å²) in [6.07, 6.45) is 2.04. The Morgan fingerprint density at radius 1 is 1.17 bits per heavy atom. The predicted octanol–water partition coefficient (Wildman–Crippen LogP) is 4.61. The highest BCUT2D eigenvalue weighted by Crippen LogP contribution is 2.21. The average Bonchev–Trinajstić information content (AvgIpc) is 2.59. The Bertz CT molecular complexity index is 682. The van der Waals surface area contributed by atoms with E-state index in [1.54, 1.807) is 0 Å². The van der Waals surface area contributed by atoms with Gasteiger partial charge in [-0.05, 0) is 56.1 Å². The van der Waals surface area contributed by atoms with Crippen molar-refractivity contribution in [1.82, 2.24) is 4.90 Å². The van der Waals surface area contributed by atoms with Crippen molar-refractivity contribution in [1.29, 1.82) is 0 Å². The summed E-state index contributed by atoms with van der Waals surface area (Å²) in [7, 11) is 0. The maximum Gasteiger partial charge on any atom is 0.228 e. The zero-order valence-electron chi connectivity index (χ0n) is 14.0. The van der Waals surface area contributed by atoms with E-state index in [-0.39, 0.29) is 11.8 Å². The number of halogens is 1. The normalized spacial score (nSPS) is 18.3. The van der Waals surface area contributed by atoms with Gasteiger partial charge in [0.25, 0.3) is 0 Å². The Labute approximate surface area is 152 Å². The molecule has 0 bridgehead atoms. The Morgan fingerprint density at radius 3 is 2.58 bits per heavy atom. The summed E-state index contributed by atoms with van der Waals surface area (Å²) < 4.78 is 1.02. The number of benzene rings is 2. The molecule has 1 unspecified atom stereocenters. The Kier molecular flexibility index (Phi) is 5.69. The summed E-state index contributed by atoms with van der Waals surface area (Å²) >= 11 is 3.41. The molecule has 0 saturated carbocycles. The number of amides is 1. The van der Waals surface area contributed by atoms with E-state index in [9.17, 15) is 4.79 Å². The van der Waals surface area contributed by atoms with Crippen molar-refractivity contribution in [2.75, 3.05) is 18.4 Å². The zero-order valence-corrected chi connectivity index (χ0v) is 15.6. The maximum atomic E-state index is 12.5. The third-order valence-electron chi connectivity index (χ3n) is 4.51. The largest absolute Gasteiger partial charge is 0.326 e. The van der Waals surface area contributed by atoms with Crippen LogP contribution in [0.5, 0.6) is 0 Å². The molecule has 0 aromatic heterocycles. The molecule has 1 atom stereocenters. The average molecular weight is 387 g/mol. The van der Waals surface area contributed by atoms with E-state index in [4.69, 9.17) is 0 Å². The lowest BCUT2D eigenvalue weighted by atomic mass is 9.96. The lowest BCUT2D eigenvalue weighted by Crippen LogP contribution is -2.40. The molecule has 2 aromatic carbocycles. The van der Waals surface area contributed by atoms with Crippen molar-refractivity contribution in [3.05, 3.63) is 64.1 Å². The van der Waals surface area contributed by atoms with Gasteiger partial charge in [-0.25, -0.2) is 0 Å².